The number of allylic oxidation sites excluding steroid dienone is 1. The predicted molar refractivity (Wildman–Crippen MR) is 143 cm³/mol. The van der Waals surface area contributed by atoms with Crippen molar-refractivity contribution in [3.8, 4) is 11.5 Å². The molecule has 5 rings (SSSR count). The quantitative estimate of drug-likeness (QED) is 0.367. The summed E-state index contributed by atoms with van der Waals surface area (Å²) in [4.78, 5) is 32.3. The summed E-state index contributed by atoms with van der Waals surface area (Å²) in [7, 11) is 5.09. The molecule has 0 fully saturated rings. The number of ether oxygens (including phenoxy) is 3. The average molecular weight is 518 g/mol. The summed E-state index contributed by atoms with van der Waals surface area (Å²) >= 11 is 1.29. The summed E-state index contributed by atoms with van der Waals surface area (Å²) < 4.78 is 20.6. The first-order valence-electron chi connectivity index (χ1n) is 11.8. The minimum Gasteiger partial charge on any atom is -0.497 e. The number of thiazole rings is 1. The van der Waals surface area contributed by atoms with Crippen molar-refractivity contribution in [2.45, 2.75) is 19.9 Å². The van der Waals surface area contributed by atoms with Crippen LogP contribution in [0.15, 0.2) is 69.7 Å². The number of aryl methyl sites for hydroxylation is 1. The van der Waals surface area contributed by atoms with E-state index in [9.17, 15) is 9.59 Å². The van der Waals surface area contributed by atoms with Gasteiger partial charge in [-0.05, 0) is 44.2 Å². The van der Waals surface area contributed by atoms with Crippen LogP contribution in [0.1, 0.15) is 31.0 Å². The second-order valence-corrected chi connectivity index (χ2v) is 9.63. The average Bonchev–Trinajstić information content (AvgIpc) is 3.38. The summed E-state index contributed by atoms with van der Waals surface area (Å²) in [5.74, 6) is 0.569. The second kappa shape index (κ2) is 9.74. The van der Waals surface area contributed by atoms with Crippen LogP contribution in [0.25, 0.3) is 17.0 Å². The lowest BCUT2D eigenvalue weighted by Gasteiger charge is -2.26. The van der Waals surface area contributed by atoms with E-state index in [1.165, 1.54) is 11.3 Å². The zero-order chi connectivity index (χ0) is 26.3. The van der Waals surface area contributed by atoms with Gasteiger partial charge in [0.1, 0.15) is 17.5 Å². The van der Waals surface area contributed by atoms with E-state index in [2.05, 4.69) is 4.99 Å². The number of esters is 1. The van der Waals surface area contributed by atoms with Crippen molar-refractivity contribution in [3.05, 3.63) is 90.7 Å². The minimum atomic E-state index is -0.796. The highest BCUT2D eigenvalue weighted by molar-refractivity contribution is 7.07. The molecule has 1 aliphatic rings. The molecule has 190 valence electrons. The molecule has 1 unspecified atom stereocenters. The van der Waals surface area contributed by atoms with Crippen LogP contribution in [0.4, 0.5) is 0 Å². The highest BCUT2D eigenvalue weighted by atomic mass is 32.1. The predicted octanol–water partition coefficient (Wildman–Crippen LogP) is 3.31. The number of para-hydroxylation sites is 1. The Balaban J connectivity index is 1.79. The van der Waals surface area contributed by atoms with Gasteiger partial charge >= 0.3 is 5.97 Å². The fourth-order valence-electron chi connectivity index (χ4n) is 4.77. The van der Waals surface area contributed by atoms with Gasteiger partial charge in [-0.25, -0.2) is 9.79 Å². The zero-order valence-electron chi connectivity index (χ0n) is 21.3. The largest absolute Gasteiger partial charge is 0.497 e. The number of fused-ring (bicyclic) bond motifs is 2. The summed E-state index contributed by atoms with van der Waals surface area (Å²) in [6.07, 6.45) is 3.89. The number of hydrogen-bond donors (Lipinski definition) is 0. The maximum Gasteiger partial charge on any atom is 0.338 e. The van der Waals surface area contributed by atoms with Crippen LogP contribution in [0, 0.1) is 0 Å². The Morgan fingerprint density at radius 2 is 1.95 bits per heavy atom. The number of nitrogens with zero attached hydrogens (tertiary/aromatic N) is 3. The fraction of sp³-hybridized carbons (Fsp3) is 0.250. The minimum absolute atomic E-state index is 0.198. The molecule has 1 atom stereocenters. The van der Waals surface area contributed by atoms with E-state index in [1.807, 2.05) is 48.2 Å². The third-order valence-electron chi connectivity index (χ3n) is 6.46. The number of rotatable bonds is 6. The van der Waals surface area contributed by atoms with Crippen molar-refractivity contribution in [2.75, 3.05) is 20.8 Å². The van der Waals surface area contributed by atoms with Crippen LogP contribution in [0.3, 0.4) is 0 Å². The summed E-state index contributed by atoms with van der Waals surface area (Å²) in [5, 5.41) is 1.05. The SMILES string of the molecule is CCOC(=O)C1=C(C)N=c2sc(=Cc3cn(C)c4ccccc34)c(=O)n2C1c1cc(OC)ccc1OC. The maximum absolute atomic E-state index is 14.0. The van der Waals surface area contributed by atoms with E-state index >= 15 is 0 Å². The van der Waals surface area contributed by atoms with Crippen molar-refractivity contribution in [2.24, 2.45) is 12.0 Å². The van der Waals surface area contributed by atoms with Gasteiger partial charge < -0.3 is 18.8 Å². The molecule has 37 heavy (non-hydrogen) atoms. The van der Waals surface area contributed by atoms with E-state index in [0.29, 0.717) is 32.1 Å². The number of hydrogen-bond acceptors (Lipinski definition) is 7. The van der Waals surface area contributed by atoms with Crippen LogP contribution >= 0.6 is 11.3 Å². The molecule has 2 aromatic heterocycles. The summed E-state index contributed by atoms with van der Waals surface area (Å²) in [6, 6.07) is 12.6. The Bertz CT molecular complexity index is 1740. The number of carbonyl (C=O) groups excluding carboxylic acids is 1. The van der Waals surface area contributed by atoms with Gasteiger partial charge in [-0.3, -0.25) is 9.36 Å². The molecule has 8 nitrogen and oxygen atoms in total. The van der Waals surface area contributed by atoms with Crippen LogP contribution in [-0.4, -0.2) is 35.9 Å². The van der Waals surface area contributed by atoms with Gasteiger partial charge in [-0.1, -0.05) is 29.5 Å². The Morgan fingerprint density at radius 1 is 1.16 bits per heavy atom. The first-order chi connectivity index (χ1) is 17.9. The van der Waals surface area contributed by atoms with Gasteiger partial charge in [0.2, 0.25) is 0 Å². The molecule has 2 aromatic carbocycles. The van der Waals surface area contributed by atoms with Crippen LogP contribution in [0.5, 0.6) is 11.5 Å². The molecule has 1 aliphatic heterocycles. The molecule has 4 aromatic rings. The van der Waals surface area contributed by atoms with E-state index in [4.69, 9.17) is 14.2 Å². The van der Waals surface area contributed by atoms with Crippen LogP contribution in [-0.2, 0) is 16.6 Å². The lowest BCUT2D eigenvalue weighted by Crippen LogP contribution is -2.40. The smallest absolute Gasteiger partial charge is 0.338 e. The molecule has 0 radical (unpaired) electrons. The summed E-state index contributed by atoms with van der Waals surface area (Å²) in [6.45, 7) is 3.70. The van der Waals surface area contributed by atoms with Gasteiger partial charge in [-0.2, -0.15) is 0 Å². The Hall–Kier alpha value is -4.11. The van der Waals surface area contributed by atoms with E-state index < -0.39 is 12.0 Å². The van der Waals surface area contributed by atoms with Gasteiger partial charge in [-0.15, -0.1) is 0 Å². The Morgan fingerprint density at radius 3 is 2.68 bits per heavy atom. The molecule has 3 heterocycles. The van der Waals surface area contributed by atoms with Crippen molar-refractivity contribution >= 4 is 34.3 Å². The Labute approximate surface area is 217 Å². The molecule has 9 heteroatoms. The number of aromatic nitrogens is 2. The lowest BCUT2D eigenvalue weighted by molar-refractivity contribution is -0.139. The highest BCUT2D eigenvalue weighted by Crippen LogP contribution is 2.37. The summed E-state index contributed by atoms with van der Waals surface area (Å²) in [5.41, 5.74) is 3.14. The molecular formula is C28H27N3O5S. The van der Waals surface area contributed by atoms with Crippen molar-refractivity contribution in [1.82, 2.24) is 9.13 Å². The molecule has 0 aliphatic carbocycles. The van der Waals surface area contributed by atoms with E-state index in [-0.39, 0.29) is 17.7 Å². The van der Waals surface area contributed by atoms with Gasteiger partial charge in [0.25, 0.3) is 5.56 Å². The van der Waals surface area contributed by atoms with Crippen molar-refractivity contribution in [3.63, 3.8) is 0 Å². The zero-order valence-corrected chi connectivity index (χ0v) is 22.1. The first kappa shape index (κ1) is 24.6. The third kappa shape index (κ3) is 4.15. The van der Waals surface area contributed by atoms with Crippen molar-refractivity contribution in [1.29, 1.82) is 0 Å². The van der Waals surface area contributed by atoms with E-state index in [0.717, 1.165) is 16.5 Å². The highest BCUT2D eigenvalue weighted by Gasteiger charge is 2.35. The van der Waals surface area contributed by atoms with E-state index in [1.54, 1.807) is 50.8 Å². The number of methoxy groups -OCH3 is 2. The molecule has 0 bridgehead atoms. The van der Waals surface area contributed by atoms with Gasteiger partial charge in [0, 0.05) is 35.3 Å². The number of benzene rings is 2. The Kier molecular flexibility index (Phi) is 6.47. The molecule has 0 saturated heterocycles. The molecule has 0 amide bonds. The third-order valence-corrected chi connectivity index (χ3v) is 7.45. The van der Waals surface area contributed by atoms with Crippen molar-refractivity contribution < 1.29 is 19.0 Å². The first-order valence-corrected chi connectivity index (χ1v) is 12.6. The fourth-order valence-corrected chi connectivity index (χ4v) is 5.81. The topological polar surface area (TPSA) is 84.1 Å². The monoisotopic (exact) mass is 517 g/mol. The van der Waals surface area contributed by atoms with Gasteiger partial charge in [0.15, 0.2) is 4.80 Å². The normalized spacial score (nSPS) is 15.5. The number of carbonyl (C=O) groups is 1. The molecule has 0 saturated carbocycles. The standard InChI is InChI=1S/C28H27N3O5S/c1-6-36-27(33)24-16(2)29-28-31(25(24)20-14-18(34-4)11-12-22(20)35-5)26(32)23(37-28)13-17-15-30(3)21-10-8-7-9-19(17)21/h7-15,25H,6H2,1-5H3. The molecule has 0 N–H and O–H groups in total. The van der Waals surface area contributed by atoms with Crippen LogP contribution in [0.2, 0.25) is 0 Å². The van der Waals surface area contributed by atoms with Crippen LogP contribution < -0.4 is 24.4 Å². The molecular weight excluding hydrogens is 490 g/mol. The second-order valence-electron chi connectivity index (χ2n) is 8.62. The lowest BCUT2D eigenvalue weighted by atomic mass is 9.94. The maximum atomic E-state index is 14.0. The molecule has 0 spiro atoms. The van der Waals surface area contributed by atoms with Gasteiger partial charge in [0.05, 0.1) is 36.6 Å².